The number of hydrogen-bond donors (Lipinski definition) is 0. The highest BCUT2D eigenvalue weighted by atomic mass is 35.5. The molecule has 2 aromatic heterocycles. The number of aromatic nitrogens is 3. The van der Waals surface area contributed by atoms with Gasteiger partial charge < -0.3 is 13.9 Å². The SMILES string of the molecule is Cc1ccc(C)n1-c1ccc(C(=O)N(Cc2nnc(-c3ccccc3Cl)o2)C2CC2)cc1. The Balaban J connectivity index is 1.36. The van der Waals surface area contributed by atoms with E-state index in [0.717, 1.165) is 29.9 Å². The fourth-order valence-electron chi connectivity index (χ4n) is 3.95. The molecule has 162 valence electrons. The standard InChI is InChI=1S/C25H23ClN4O2/c1-16-7-8-17(2)30(16)20-11-9-18(10-12-20)25(31)29(19-13-14-19)15-23-27-28-24(32-23)21-5-3-4-6-22(21)26/h3-12,19H,13-15H2,1-2H3. The van der Waals surface area contributed by atoms with E-state index in [2.05, 4.69) is 40.7 Å². The average Bonchev–Trinajstić information content (AvgIpc) is 3.44. The molecule has 0 N–H and O–H groups in total. The van der Waals surface area contributed by atoms with E-state index in [1.807, 2.05) is 47.4 Å². The topological polar surface area (TPSA) is 64.2 Å². The molecular formula is C25H23ClN4O2. The molecule has 1 aliphatic carbocycles. The van der Waals surface area contributed by atoms with Crippen LogP contribution in [0.3, 0.4) is 0 Å². The molecule has 1 saturated carbocycles. The Labute approximate surface area is 191 Å². The van der Waals surface area contributed by atoms with Crippen LogP contribution in [0, 0.1) is 13.8 Å². The Morgan fingerprint density at radius 2 is 1.72 bits per heavy atom. The molecule has 2 aromatic carbocycles. The Morgan fingerprint density at radius 1 is 1.03 bits per heavy atom. The van der Waals surface area contributed by atoms with Crippen LogP contribution in [0.4, 0.5) is 0 Å². The lowest BCUT2D eigenvalue weighted by Gasteiger charge is -2.21. The molecule has 32 heavy (non-hydrogen) atoms. The summed E-state index contributed by atoms with van der Waals surface area (Å²) in [6, 6.07) is 19.4. The third-order valence-corrected chi connectivity index (χ3v) is 6.10. The molecule has 0 saturated heterocycles. The van der Waals surface area contributed by atoms with Gasteiger partial charge in [-0.1, -0.05) is 23.7 Å². The largest absolute Gasteiger partial charge is 0.419 e. The van der Waals surface area contributed by atoms with Gasteiger partial charge in [0.25, 0.3) is 5.91 Å². The molecule has 0 atom stereocenters. The molecule has 0 radical (unpaired) electrons. The lowest BCUT2D eigenvalue weighted by Crippen LogP contribution is -2.32. The molecule has 1 fully saturated rings. The van der Waals surface area contributed by atoms with E-state index in [4.69, 9.17) is 16.0 Å². The minimum absolute atomic E-state index is 0.0301. The zero-order chi connectivity index (χ0) is 22.2. The lowest BCUT2D eigenvalue weighted by molar-refractivity contribution is 0.0714. The molecule has 7 heteroatoms. The van der Waals surface area contributed by atoms with E-state index >= 15 is 0 Å². The molecule has 1 amide bonds. The highest BCUT2D eigenvalue weighted by molar-refractivity contribution is 6.33. The molecule has 5 rings (SSSR count). The zero-order valence-corrected chi connectivity index (χ0v) is 18.7. The van der Waals surface area contributed by atoms with E-state index in [9.17, 15) is 4.79 Å². The van der Waals surface area contributed by atoms with Crippen LogP contribution in [0.15, 0.2) is 65.1 Å². The number of nitrogens with zero attached hydrogens (tertiary/aromatic N) is 4. The normalized spacial score (nSPS) is 13.3. The van der Waals surface area contributed by atoms with Crippen molar-refractivity contribution in [3.8, 4) is 17.1 Å². The second-order valence-corrected chi connectivity index (χ2v) is 8.55. The Kier molecular flexibility index (Phi) is 5.31. The van der Waals surface area contributed by atoms with Crippen LogP contribution in [-0.4, -0.2) is 31.6 Å². The smallest absolute Gasteiger partial charge is 0.254 e. The van der Waals surface area contributed by atoms with Crippen LogP contribution < -0.4 is 0 Å². The summed E-state index contributed by atoms with van der Waals surface area (Å²) in [6.45, 7) is 4.42. The number of carbonyl (C=O) groups is 1. The minimum Gasteiger partial charge on any atom is -0.419 e. The van der Waals surface area contributed by atoms with Crippen molar-refractivity contribution >= 4 is 17.5 Å². The number of hydrogen-bond acceptors (Lipinski definition) is 4. The highest BCUT2D eigenvalue weighted by Gasteiger charge is 2.34. The van der Waals surface area contributed by atoms with Crippen molar-refractivity contribution < 1.29 is 9.21 Å². The highest BCUT2D eigenvalue weighted by Crippen LogP contribution is 2.31. The molecule has 2 heterocycles. The van der Waals surface area contributed by atoms with Crippen molar-refractivity contribution in [3.05, 3.63) is 88.5 Å². The molecule has 0 bridgehead atoms. The number of aryl methyl sites for hydroxylation is 2. The van der Waals surface area contributed by atoms with Crippen LogP contribution >= 0.6 is 11.6 Å². The van der Waals surface area contributed by atoms with Crippen molar-refractivity contribution in [2.75, 3.05) is 0 Å². The molecular weight excluding hydrogens is 424 g/mol. The third-order valence-electron chi connectivity index (χ3n) is 5.77. The summed E-state index contributed by atoms with van der Waals surface area (Å²) in [5, 5.41) is 8.83. The molecule has 1 aliphatic rings. The molecule has 4 aromatic rings. The quantitative estimate of drug-likeness (QED) is 0.386. The third kappa shape index (κ3) is 3.94. The van der Waals surface area contributed by atoms with Gasteiger partial charge in [0, 0.05) is 28.7 Å². The summed E-state index contributed by atoms with van der Waals surface area (Å²) in [7, 11) is 0. The number of amides is 1. The van der Waals surface area contributed by atoms with Crippen molar-refractivity contribution in [2.45, 2.75) is 39.3 Å². The van der Waals surface area contributed by atoms with Crippen LogP contribution in [0.1, 0.15) is 40.5 Å². The minimum atomic E-state index is -0.0301. The van der Waals surface area contributed by atoms with Crippen LogP contribution in [-0.2, 0) is 6.54 Å². The van der Waals surface area contributed by atoms with Gasteiger partial charge in [-0.3, -0.25) is 4.79 Å². The Bertz CT molecular complexity index is 1250. The number of carbonyl (C=O) groups excluding carboxylic acids is 1. The molecule has 0 aliphatic heterocycles. The average molecular weight is 447 g/mol. The molecule has 0 spiro atoms. The summed E-state index contributed by atoms with van der Waals surface area (Å²) in [5.74, 6) is 0.725. The van der Waals surface area contributed by atoms with Gasteiger partial charge in [0.2, 0.25) is 11.8 Å². The second-order valence-electron chi connectivity index (χ2n) is 8.14. The van der Waals surface area contributed by atoms with Gasteiger partial charge in [-0.05, 0) is 75.2 Å². The van der Waals surface area contributed by atoms with Crippen molar-refractivity contribution in [1.82, 2.24) is 19.7 Å². The van der Waals surface area contributed by atoms with Gasteiger partial charge in [0.1, 0.15) is 0 Å². The maximum absolute atomic E-state index is 13.3. The summed E-state index contributed by atoms with van der Waals surface area (Å²) in [4.78, 5) is 15.1. The van der Waals surface area contributed by atoms with Crippen LogP contribution in [0.2, 0.25) is 5.02 Å². The van der Waals surface area contributed by atoms with Gasteiger partial charge in [-0.25, -0.2) is 0 Å². The molecule has 6 nitrogen and oxygen atoms in total. The molecule has 0 unspecified atom stereocenters. The summed E-state index contributed by atoms with van der Waals surface area (Å²) < 4.78 is 8.00. The first-order valence-electron chi connectivity index (χ1n) is 10.6. The monoisotopic (exact) mass is 446 g/mol. The maximum Gasteiger partial charge on any atom is 0.254 e. The van der Waals surface area contributed by atoms with E-state index in [1.165, 1.54) is 0 Å². The van der Waals surface area contributed by atoms with E-state index in [-0.39, 0.29) is 18.5 Å². The fourth-order valence-corrected chi connectivity index (χ4v) is 4.17. The van der Waals surface area contributed by atoms with Gasteiger partial charge in [0.15, 0.2) is 0 Å². The summed E-state index contributed by atoms with van der Waals surface area (Å²) in [5.41, 5.74) is 4.69. The number of halogens is 1. The lowest BCUT2D eigenvalue weighted by atomic mass is 10.1. The van der Waals surface area contributed by atoms with Gasteiger partial charge in [-0.2, -0.15) is 0 Å². The van der Waals surface area contributed by atoms with Crippen molar-refractivity contribution in [1.29, 1.82) is 0 Å². The Morgan fingerprint density at radius 3 is 2.38 bits per heavy atom. The van der Waals surface area contributed by atoms with E-state index < -0.39 is 0 Å². The van der Waals surface area contributed by atoms with Crippen molar-refractivity contribution in [3.63, 3.8) is 0 Å². The van der Waals surface area contributed by atoms with Crippen LogP contribution in [0.5, 0.6) is 0 Å². The van der Waals surface area contributed by atoms with E-state index in [1.54, 1.807) is 6.07 Å². The predicted octanol–water partition coefficient (Wildman–Crippen LogP) is 5.60. The zero-order valence-electron chi connectivity index (χ0n) is 18.0. The van der Waals surface area contributed by atoms with Gasteiger partial charge >= 0.3 is 0 Å². The Hall–Kier alpha value is -3.38. The van der Waals surface area contributed by atoms with Gasteiger partial charge in [-0.15, -0.1) is 10.2 Å². The predicted molar refractivity (Wildman–Crippen MR) is 123 cm³/mol. The first-order chi connectivity index (χ1) is 15.5. The second kappa shape index (κ2) is 8.28. The maximum atomic E-state index is 13.3. The summed E-state index contributed by atoms with van der Waals surface area (Å²) in [6.07, 6.45) is 1.97. The van der Waals surface area contributed by atoms with E-state index in [0.29, 0.717) is 27.9 Å². The number of rotatable bonds is 6. The number of benzene rings is 2. The first-order valence-corrected chi connectivity index (χ1v) is 11.0. The van der Waals surface area contributed by atoms with Crippen LogP contribution in [0.25, 0.3) is 17.1 Å². The van der Waals surface area contributed by atoms with Gasteiger partial charge in [0.05, 0.1) is 17.1 Å². The first kappa shape index (κ1) is 20.5. The fraction of sp³-hybridized carbons (Fsp3) is 0.240. The van der Waals surface area contributed by atoms with Crippen molar-refractivity contribution in [2.24, 2.45) is 0 Å². The summed E-state index contributed by atoms with van der Waals surface area (Å²) >= 11 is 6.24.